The summed E-state index contributed by atoms with van der Waals surface area (Å²) in [6, 6.07) is 10.5. The van der Waals surface area contributed by atoms with Gasteiger partial charge in [0.1, 0.15) is 5.82 Å². The Bertz CT molecular complexity index is 704. The molecule has 1 aliphatic heterocycles. The van der Waals surface area contributed by atoms with Gasteiger partial charge in [-0.3, -0.25) is 4.79 Å². The lowest BCUT2D eigenvalue weighted by molar-refractivity contribution is -0.121. The van der Waals surface area contributed by atoms with Crippen LogP contribution in [0.15, 0.2) is 34.8 Å². The van der Waals surface area contributed by atoms with Crippen LogP contribution in [0.25, 0.3) is 10.9 Å². The highest BCUT2D eigenvalue weighted by atomic mass is 79.9. The van der Waals surface area contributed by atoms with Gasteiger partial charge in [0.15, 0.2) is 0 Å². The van der Waals surface area contributed by atoms with Crippen LogP contribution in [0.3, 0.4) is 0 Å². The fourth-order valence-corrected chi connectivity index (χ4v) is 3.47. The van der Waals surface area contributed by atoms with E-state index in [0.29, 0.717) is 6.42 Å². The van der Waals surface area contributed by atoms with Gasteiger partial charge in [0.2, 0.25) is 5.91 Å². The predicted octanol–water partition coefficient (Wildman–Crippen LogP) is 3.88. The van der Waals surface area contributed by atoms with Crippen LogP contribution in [0.4, 0.5) is 5.82 Å². The maximum Gasteiger partial charge on any atom is 0.220 e. The van der Waals surface area contributed by atoms with E-state index < -0.39 is 0 Å². The second-order valence-corrected chi connectivity index (χ2v) is 7.02. The fraction of sp³-hybridized carbons (Fsp3) is 0.444. The van der Waals surface area contributed by atoms with Crippen molar-refractivity contribution in [2.24, 2.45) is 0 Å². The number of nitrogens with zero attached hydrogens (tertiary/aromatic N) is 2. The maximum absolute atomic E-state index is 11.8. The molecule has 0 saturated carbocycles. The zero-order valence-corrected chi connectivity index (χ0v) is 15.0. The van der Waals surface area contributed by atoms with E-state index in [1.54, 1.807) is 0 Å². The number of piperidine rings is 1. The molecule has 0 aliphatic carbocycles. The van der Waals surface area contributed by atoms with Crippen molar-refractivity contribution < 1.29 is 4.79 Å². The summed E-state index contributed by atoms with van der Waals surface area (Å²) in [7, 11) is 0. The average Bonchev–Trinajstić information content (AvgIpc) is 2.55. The van der Waals surface area contributed by atoms with Crippen LogP contribution in [0, 0.1) is 0 Å². The van der Waals surface area contributed by atoms with Crippen molar-refractivity contribution in [2.45, 2.75) is 38.6 Å². The van der Waals surface area contributed by atoms with Crippen molar-refractivity contribution in [1.29, 1.82) is 0 Å². The molecule has 1 aromatic heterocycles. The Balaban J connectivity index is 1.73. The minimum Gasteiger partial charge on any atom is -0.355 e. The Labute approximate surface area is 145 Å². The summed E-state index contributed by atoms with van der Waals surface area (Å²) in [5.74, 6) is 1.16. The standard InChI is InChI=1S/C18H22BrN3O/c1-2-4-18(23)20-15-5-3-10-22(12-15)17-9-6-13-11-14(19)7-8-16(13)21-17/h6-9,11,15H,2-5,10,12H2,1H3,(H,20,23). The molecule has 5 heteroatoms. The van der Waals surface area contributed by atoms with Crippen molar-refractivity contribution in [3.63, 3.8) is 0 Å². The number of amides is 1. The number of hydrogen-bond acceptors (Lipinski definition) is 3. The Morgan fingerprint density at radius 1 is 1.39 bits per heavy atom. The Kier molecular flexibility index (Phi) is 5.16. The molecule has 0 spiro atoms. The van der Waals surface area contributed by atoms with Crippen LogP contribution in [-0.4, -0.2) is 30.0 Å². The van der Waals surface area contributed by atoms with Crippen LogP contribution in [-0.2, 0) is 4.79 Å². The van der Waals surface area contributed by atoms with Crippen molar-refractivity contribution in [1.82, 2.24) is 10.3 Å². The van der Waals surface area contributed by atoms with Gasteiger partial charge in [-0.2, -0.15) is 0 Å². The first-order chi connectivity index (χ1) is 11.2. The van der Waals surface area contributed by atoms with E-state index in [4.69, 9.17) is 4.98 Å². The molecule has 1 saturated heterocycles. The summed E-state index contributed by atoms with van der Waals surface area (Å²) in [6.45, 7) is 3.86. The van der Waals surface area contributed by atoms with E-state index in [0.717, 1.165) is 53.5 Å². The van der Waals surface area contributed by atoms with Crippen LogP contribution in [0.2, 0.25) is 0 Å². The van der Waals surface area contributed by atoms with Crippen LogP contribution in [0.1, 0.15) is 32.6 Å². The Morgan fingerprint density at radius 2 is 2.26 bits per heavy atom. The smallest absolute Gasteiger partial charge is 0.220 e. The molecule has 1 N–H and O–H groups in total. The molecule has 4 nitrogen and oxygen atoms in total. The summed E-state index contributed by atoms with van der Waals surface area (Å²) in [5.41, 5.74) is 1.00. The number of pyridine rings is 1. The largest absolute Gasteiger partial charge is 0.355 e. The van der Waals surface area contributed by atoms with E-state index in [2.05, 4.69) is 44.3 Å². The Hall–Kier alpha value is -1.62. The number of fused-ring (bicyclic) bond motifs is 1. The molecule has 0 radical (unpaired) electrons. The van der Waals surface area contributed by atoms with Gasteiger partial charge in [0, 0.05) is 35.4 Å². The highest BCUT2D eigenvalue weighted by Crippen LogP contribution is 2.23. The summed E-state index contributed by atoms with van der Waals surface area (Å²) >= 11 is 3.49. The molecule has 1 aliphatic rings. The van der Waals surface area contributed by atoms with Crippen molar-refractivity contribution in [2.75, 3.05) is 18.0 Å². The highest BCUT2D eigenvalue weighted by Gasteiger charge is 2.22. The second kappa shape index (κ2) is 7.30. The molecule has 2 heterocycles. The minimum absolute atomic E-state index is 0.163. The first kappa shape index (κ1) is 16.2. The third-order valence-electron chi connectivity index (χ3n) is 4.22. The number of rotatable bonds is 4. The molecule has 2 aromatic rings. The van der Waals surface area contributed by atoms with E-state index in [1.165, 1.54) is 0 Å². The number of anilines is 1. The quantitative estimate of drug-likeness (QED) is 0.881. The number of benzene rings is 1. The van der Waals surface area contributed by atoms with Crippen LogP contribution < -0.4 is 10.2 Å². The van der Waals surface area contributed by atoms with Gasteiger partial charge in [-0.1, -0.05) is 22.9 Å². The Morgan fingerprint density at radius 3 is 3.09 bits per heavy atom. The number of hydrogen-bond donors (Lipinski definition) is 1. The number of nitrogens with one attached hydrogen (secondary N) is 1. The van der Waals surface area contributed by atoms with Gasteiger partial charge >= 0.3 is 0 Å². The van der Waals surface area contributed by atoms with Crippen LogP contribution in [0.5, 0.6) is 0 Å². The first-order valence-corrected chi connectivity index (χ1v) is 9.05. The lowest BCUT2D eigenvalue weighted by Crippen LogP contribution is -2.48. The van der Waals surface area contributed by atoms with Crippen molar-refractivity contribution >= 4 is 38.6 Å². The summed E-state index contributed by atoms with van der Waals surface area (Å²) in [6.07, 6.45) is 3.63. The summed E-state index contributed by atoms with van der Waals surface area (Å²) < 4.78 is 1.07. The summed E-state index contributed by atoms with van der Waals surface area (Å²) in [4.78, 5) is 18.9. The number of carbonyl (C=O) groups is 1. The predicted molar refractivity (Wildman–Crippen MR) is 97.7 cm³/mol. The molecular formula is C18H22BrN3O. The molecule has 1 fully saturated rings. The van der Waals surface area contributed by atoms with E-state index >= 15 is 0 Å². The van der Waals surface area contributed by atoms with E-state index in [9.17, 15) is 4.79 Å². The number of aromatic nitrogens is 1. The van der Waals surface area contributed by atoms with Crippen molar-refractivity contribution in [3.05, 3.63) is 34.8 Å². The third kappa shape index (κ3) is 4.02. The minimum atomic E-state index is 0.163. The zero-order valence-electron chi connectivity index (χ0n) is 13.4. The molecule has 1 unspecified atom stereocenters. The second-order valence-electron chi connectivity index (χ2n) is 6.11. The van der Waals surface area contributed by atoms with E-state index in [-0.39, 0.29) is 11.9 Å². The zero-order chi connectivity index (χ0) is 16.2. The molecule has 0 bridgehead atoms. The fourth-order valence-electron chi connectivity index (χ4n) is 3.09. The van der Waals surface area contributed by atoms with E-state index in [1.807, 2.05) is 19.1 Å². The number of carbonyl (C=O) groups excluding carboxylic acids is 1. The van der Waals surface area contributed by atoms with Gasteiger partial charge in [-0.25, -0.2) is 4.98 Å². The van der Waals surface area contributed by atoms with Gasteiger partial charge < -0.3 is 10.2 Å². The lowest BCUT2D eigenvalue weighted by atomic mass is 10.1. The topological polar surface area (TPSA) is 45.2 Å². The third-order valence-corrected chi connectivity index (χ3v) is 4.72. The molecular weight excluding hydrogens is 354 g/mol. The monoisotopic (exact) mass is 375 g/mol. The van der Waals surface area contributed by atoms with Gasteiger partial charge in [-0.05, 0) is 49.6 Å². The molecule has 23 heavy (non-hydrogen) atoms. The first-order valence-electron chi connectivity index (χ1n) is 8.26. The molecule has 1 aromatic carbocycles. The molecule has 122 valence electrons. The SMILES string of the molecule is CCCC(=O)NC1CCCN(c2ccc3cc(Br)ccc3n2)C1. The summed E-state index contributed by atoms with van der Waals surface area (Å²) in [5, 5.41) is 4.28. The van der Waals surface area contributed by atoms with Crippen LogP contribution >= 0.6 is 15.9 Å². The molecule has 1 atom stereocenters. The van der Waals surface area contributed by atoms with Gasteiger partial charge in [-0.15, -0.1) is 0 Å². The number of halogens is 1. The molecule has 3 rings (SSSR count). The van der Waals surface area contributed by atoms with Gasteiger partial charge in [0.25, 0.3) is 0 Å². The molecule has 1 amide bonds. The lowest BCUT2D eigenvalue weighted by Gasteiger charge is -2.34. The van der Waals surface area contributed by atoms with Crippen molar-refractivity contribution in [3.8, 4) is 0 Å². The maximum atomic E-state index is 11.8. The normalized spacial score (nSPS) is 18.2. The average molecular weight is 376 g/mol. The van der Waals surface area contributed by atoms with Gasteiger partial charge in [0.05, 0.1) is 5.52 Å². The highest BCUT2D eigenvalue weighted by molar-refractivity contribution is 9.10.